The Morgan fingerprint density at radius 2 is 1.85 bits per heavy atom. The SMILES string of the molecule is C[C@@H](Oc1ccc(C(=O)NCCc2ccccn2)cn1)c1ccccc1. The van der Waals surface area contributed by atoms with Crippen molar-refractivity contribution in [2.24, 2.45) is 0 Å². The summed E-state index contributed by atoms with van der Waals surface area (Å²) in [5, 5.41) is 2.87. The highest BCUT2D eigenvalue weighted by atomic mass is 16.5. The smallest absolute Gasteiger partial charge is 0.252 e. The zero-order valence-corrected chi connectivity index (χ0v) is 14.6. The lowest BCUT2D eigenvalue weighted by Crippen LogP contribution is -2.26. The highest BCUT2D eigenvalue weighted by Gasteiger charge is 2.10. The monoisotopic (exact) mass is 347 g/mol. The molecule has 3 rings (SSSR count). The summed E-state index contributed by atoms with van der Waals surface area (Å²) < 4.78 is 5.82. The van der Waals surface area contributed by atoms with E-state index in [0.717, 1.165) is 11.3 Å². The van der Waals surface area contributed by atoms with E-state index < -0.39 is 0 Å². The second-order valence-electron chi connectivity index (χ2n) is 5.88. The third kappa shape index (κ3) is 4.89. The van der Waals surface area contributed by atoms with Gasteiger partial charge in [0.15, 0.2) is 0 Å². The van der Waals surface area contributed by atoms with Gasteiger partial charge in [-0.15, -0.1) is 0 Å². The van der Waals surface area contributed by atoms with E-state index in [1.165, 1.54) is 6.20 Å². The number of nitrogens with one attached hydrogen (secondary N) is 1. The first-order chi connectivity index (χ1) is 12.7. The molecular formula is C21H21N3O2. The van der Waals surface area contributed by atoms with Gasteiger partial charge >= 0.3 is 0 Å². The van der Waals surface area contributed by atoms with Crippen LogP contribution in [0.25, 0.3) is 0 Å². The van der Waals surface area contributed by atoms with Crippen LogP contribution in [-0.2, 0) is 6.42 Å². The molecule has 1 aromatic carbocycles. The molecule has 5 nitrogen and oxygen atoms in total. The van der Waals surface area contributed by atoms with Crippen LogP contribution in [0.2, 0.25) is 0 Å². The summed E-state index contributed by atoms with van der Waals surface area (Å²) in [6.45, 7) is 2.49. The highest BCUT2D eigenvalue weighted by Crippen LogP contribution is 2.19. The number of amides is 1. The summed E-state index contributed by atoms with van der Waals surface area (Å²) >= 11 is 0. The van der Waals surface area contributed by atoms with Crippen LogP contribution in [0, 0.1) is 0 Å². The van der Waals surface area contributed by atoms with Gasteiger partial charge in [-0.25, -0.2) is 4.98 Å². The van der Waals surface area contributed by atoms with Crippen molar-refractivity contribution in [2.75, 3.05) is 6.54 Å². The quantitative estimate of drug-likeness (QED) is 0.709. The minimum absolute atomic E-state index is 0.109. The fourth-order valence-electron chi connectivity index (χ4n) is 2.51. The number of benzene rings is 1. The molecule has 0 aliphatic heterocycles. The predicted octanol–water partition coefficient (Wildman–Crippen LogP) is 3.59. The van der Waals surface area contributed by atoms with Gasteiger partial charge in [0.25, 0.3) is 5.91 Å². The normalized spacial score (nSPS) is 11.6. The number of rotatable bonds is 7. The zero-order valence-electron chi connectivity index (χ0n) is 14.6. The van der Waals surface area contributed by atoms with Crippen LogP contribution in [0.4, 0.5) is 0 Å². The Labute approximate surface area is 153 Å². The minimum Gasteiger partial charge on any atom is -0.470 e. The van der Waals surface area contributed by atoms with Crippen molar-refractivity contribution in [1.29, 1.82) is 0 Å². The Bertz CT molecular complexity index is 821. The molecule has 1 N–H and O–H groups in total. The number of hydrogen-bond donors (Lipinski definition) is 1. The molecule has 3 aromatic rings. The van der Waals surface area contributed by atoms with Crippen LogP contribution >= 0.6 is 0 Å². The van der Waals surface area contributed by atoms with Crippen molar-refractivity contribution in [3.63, 3.8) is 0 Å². The molecule has 0 bridgehead atoms. The second-order valence-corrected chi connectivity index (χ2v) is 5.88. The van der Waals surface area contributed by atoms with Crippen molar-refractivity contribution < 1.29 is 9.53 Å². The molecule has 5 heteroatoms. The Hall–Kier alpha value is -3.21. The van der Waals surface area contributed by atoms with Gasteiger partial charge in [0.1, 0.15) is 6.10 Å². The van der Waals surface area contributed by atoms with Crippen LogP contribution in [0.3, 0.4) is 0 Å². The van der Waals surface area contributed by atoms with Gasteiger partial charge in [-0.3, -0.25) is 9.78 Å². The molecule has 0 aliphatic rings. The molecule has 0 unspecified atom stereocenters. The number of carbonyl (C=O) groups excluding carboxylic acids is 1. The number of nitrogens with zero attached hydrogens (tertiary/aromatic N) is 2. The topological polar surface area (TPSA) is 64.1 Å². The van der Waals surface area contributed by atoms with Crippen LogP contribution in [0.5, 0.6) is 5.88 Å². The largest absolute Gasteiger partial charge is 0.470 e. The lowest BCUT2D eigenvalue weighted by molar-refractivity contribution is 0.0953. The second kappa shape index (κ2) is 8.76. The van der Waals surface area contributed by atoms with E-state index in [9.17, 15) is 4.79 Å². The number of aromatic nitrogens is 2. The molecule has 0 spiro atoms. The minimum atomic E-state index is -0.156. The third-order valence-electron chi connectivity index (χ3n) is 3.96. The van der Waals surface area contributed by atoms with Gasteiger partial charge in [0.05, 0.1) is 5.56 Å². The average Bonchev–Trinajstić information content (AvgIpc) is 2.70. The Morgan fingerprint density at radius 3 is 2.54 bits per heavy atom. The van der Waals surface area contributed by atoms with Gasteiger partial charge in [-0.05, 0) is 30.7 Å². The van der Waals surface area contributed by atoms with E-state index in [1.807, 2.05) is 55.5 Å². The maximum Gasteiger partial charge on any atom is 0.252 e. The molecule has 132 valence electrons. The molecular weight excluding hydrogens is 326 g/mol. The summed E-state index contributed by atoms with van der Waals surface area (Å²) in [5.74, 6) is 0.336. The molecule has 0 aliphatic carbocycles. The van der Waals surface area contributed by atoms with E-state index >= 15 is 0 Å². The Kier molecular flexibility index (Phi) is 5.93. The average molecular weight is 347 g/mol. The predicted molar refractivity (Wildman–Crippen MR) is 100.0 cm³/mol. The van der Waals surface area contributed by atoms with Crippen molar-refractivity contribution >= 4 is 5.91 Å². The first-order valence-corrected chi connectivity index (χ1v) is 8.58. The van der Waals surface area contributed by atoms with E-state index in [1.54, 1.807) is 18.3 Å². The number of hydrogen-bond acceptors (Lipinski definition) is 4. The third-order valence-corrected chi connectivity index (χ3v) is 3.96. The molecule has 1 amide bonds. The van der Waals surface area contributed by atoms with Gasteiger partial charge in [0, 0.05) is 37.1 Å². The van der Waals surface area contributed by atoms with Gasteiger partial charge in [0.2, 0.25) is 5.88 Å². The van der Waals surface area contributed by atoms with Crippen LogP contribution < -0.4 is 10.1 Å². The van der Waals surface area contributed by atoms with Gasteiger partial charge in [-0.1, -0.05) is 36.4 Å². The first kappa shape index (κ1) is 17.6. The van der Waals surface area contributed by atoms with Crippen LogP contribution in [0.1, 0.15) is 34.6 Å². The fourth-order valence-corrected chi connectivity index (χ4v) is 2.51. The molecule has 0 radical (unpaired) electrons. The Morgan fingerprint density at radius 1 is 1.04 bits per heavy atom. The molecule has 26 heavy (non-hydrogen) atoms. The van der Waals surface area contributed by atoms with E-state index in [4.69, 9.17) is 4.74 Å². The van der Waals surface area contributed by atoms with Crippen LogP contribution in [0.15, 0.2) is 73.1 Å². The lowest BCUT2D eigenvalue weighted by Gasteiger charge is -2.14. The summed E-state index contributed by atoms with van der Waals surface area (Å²) in [5.41, 5.74) is 2.53. The van der Waals surface area contributed by atoms with Crippen molar-refractivity contribution in [1.82, 2.24) is 15.3 Å². The summed E-state index contributed by atoms with van der Waals surface area (Å²) in [6, 6.07) is 19.1. The first-order valence-electron chi connectivity index (χ1n) is 8.58. The van der Waals surface area contributed by atoms with Crippen molar-refractivity contribution in [3.05, 3.63) is 89.9 Å². The summed E-state index contributed by atoms with van der Waals surface area (Å²) in [6.07, 6.45) is 3.86. The lowest BCUT2D eigenvalue weighted by atomic mass is 10.1. The van der Waals surface area contributed by atoms with Gasteiger partial charge < -0.3 is 10.1 Å². The molecule has 0 saturated carbocycles. The summed E-state index contributed by atoms with van der Waals surface area (Å²) in [7, 11) is 0. The number of ether oxygens (including phenoxy) is 1. The van der Waals surface area contributed by atoms with E-state index in [2.05, 4.69) is 15.3 Å². The Balaban J connectivity index is 1.51. The standard InChI is InChI=1S/C21H21N3O2/c1-16(17-7-3-2-4-8-17)26-20-11-10-18(15-24-20)21(25)23-14-12-19-9-5-6-13-22-19/h2-11,13,15-16H,12,14H2,1H3,(H,23,25)/t16-/m1/s1. The zero-order chi connectivity index (χ0) is 18.2. The maximum absolute atomic E-state index is 12.2. The molecule has 1 atom stereocenters. The van der Waals surface area contributed by atoms with E-state index in [0.29, 0.717) is 24.4 Å². The number of carbonyl (C=O) groups is 1. The highest BCUT2D eigenvalue weighted by molar-refractivity contribution is 5.93. The van der Waals surface area contributed by atoms with E-state index in [-0.39, 0.29) is 12.0 Å². The van der Waals surface area contributed by atoms with Crippen LogP contribution in [-0.4, -0.2) is 22.4 Å². The molecule has 2 heterocycles. The molecule has 0 saturated heterocycles. The van der Waals surface area contributed by atoms with Gasteiger partial charge in [-0.2, -0.15) is 0 Å². The van der Waals surface area contributed by atoms with Crippen molar-refractivity contribution in [2.45, 2.75) is 19.4 Å². The number of pyridine rings is 2. The van der Waals surface area contributed by atoms with Crippen molar-refractivity contribution in [3.8, 4) is 5.88 Å². The fraction of sp³-hybridized carbons (Fsp3) is 0.190. The summed E-state index contributed by atoms with van der Waals surface area (Å²) in [4.78, 5) is 20.6. The maximum atomic E-state index is 12.2. The molecule has 2 aromatic heterocycles. The molecule has 0 fully saturated rings.